The molecule has 0 aliphatic heterocycles. The lowest BCUT2D eigenvalue weighted by Crippen LogP contribution is -2.15. The van der Waals surface area contributed by atoms with E-state index in [9.17, 15) is 4.79 Å². The number of allylic oxidation sites excluding steroid dienone is 1. The van der Waals surface area contributed by atoms with Crippen molar-refractivity contribution in [3.8, 4) is 0 Å². The van der Waals surface area contributed by atoms with Crippen LogP contribution in [-0.4, -0.2) is 22.6 Å². The van der Waals surface area contributed by atoms with Gasteiger partial charge >= 0.3 is 0 Å². The van der Waals surface area contributed by atoms with E-state index >= 15 is 0 Å². The Morgan fingerprint density at radius 2 is 1.95 bits per heavy atom. The van der Waals surface area contributed by atoms with E-state index in [2.05, 4.69) is 22.5 Å². The van der Waals surface area contributed by atoms with Crippen molar-refractivity contribution in [2.45, 2.75) is 27.3 Å². The molecule has 0 unspecified atom stereocenters. The van der Waals surface area contributed by atoms with Crippen LogP contribution in [0.2, 0.25) is 0 Å². The van der Waals surface area contributed by atoms with E-state index in [-0.39, 0.29) is 11.7 Å². The van der Waals surface area contributed by atoms with Crippen LogP contribution >= 0.6 is 0 Å². The van der Waals surface area contributed by atoms with Gasteiger partial charge in [0.05, 0.1) is 18.4 Å². The lowest BCUT2D eigenvalue weighted by molar-refractivity contribution is -0.114. The molecule has 1 heterocycles. The molecule has 2 aromatic rings. The van der Waals surface area contributed by atoms with Crippen LogP contribution in [0.4, 0.5) is 0 Å². The van der Waals surface area contributed by atoms with Crippen molar-refractivity contribution >= 4 is 11.5 Å². The first-order valence-corrected chi connectivity index (χ1v) is 7.52. The summed E-state index contributed by atoms with van der Waals surface area (Å²) in [4.78, 5) is 11.9. The minimum atomic E-state index is 0.0927. The zero-order valence-corrected chi connectivity index (χ0v) is 13.6. The summed E-state index contributed by atoms with van der Waals surface area (Å²) in [6, 6.07) is 10.2. The Morgan fingerprint density at radius 3 is 2.50 bits per heavy atom. The summed E-state index contributed by atoms with van der Waals surface area (Å²) in [5.41, 5.74) is 3.81. The smallest absolute Gasteiger partial charge is 0.158 e. The molecule has 0 atom stereocenters. The maximum Gasteiger partial charge on any atom is 0.158 e. The standard InChI is InChI=1S/C18H23N3O/c1-13(2)17(14(3)22)18(19-4)16-10-20-21(12-16)11-15-8-6-5-7-9-15/h5-10,12-13,19H,11H2,1-4H3/b18-17-. The average molecular weight is 297 g/mol. The largest absolute Gasteiger partial charge is 0.387 e. The fraction of sp³-hybridized carbons (Fsp3) is 0.333. The molecule has 22 heavy (non-hydrogen) atoms. The van der Waals surface area contributed by atoms with Crippen molar-refractivity contribution in [3.63, 3.8) is 0 Å². The third kappa shape index (κ3) is 3.64. The van der Waals surface area contributed by atoms with Crippen LogP contribution in [-0.2, 0) is 11.3 Å². The second-order valence-electron chi connectivity index (χ2n) is 5.66. The average Bonchev–Trinajstić information content (AvgIpc) is 2.92. The molecule has 0 bridgehead atoms. The Kier molecular flexibility index (Phi) is 5.15. The molecule has 116 valence electrons. The van der Waals surface area contributed by atoms with Crippen molar-refractivity contribution in [2.24, 2.45) is 5.92 Å². The van der Waals surface area contributed by atoms with E-state index in [0.29, 0.717) is 0 Å². The minimum Gasteiger partial charge on any atom is -0.387 e. The first-order valence-electron chi connectivity index (χ1n) is 7.52. The molecule has 0 fully saturated rings. The highest BCUT2D eigenvalue weighted by atomic mass is 16.1. The zero-order chi connectivity index (χ0) is 16.1. The predicted molar refractivity (Wildman–Crippen MR) is 89.3 cm³/mol. The van der Waals surface area contributed by atoms with E-state index in [0.717, 1.165) is 23.4 Å². The molecule has 0 saturated heterocycles. The SMILES string of the molecule is CN/C(=C(\C(C)=O)C(C)C)c1cnn(Cc2ccccc2)c1. The van der Waals surface area contributed by atoms with Gasteiger partial charge in [-0.15, -0.1) is 0 Å². The molecule has 2 rings (SSSR count). The van der Waals surface area contributed by atoms with E-state index in [1.807, 2.05) is 50.0 Å². The van der Waals surface area contributed by atoms with Crippen LogP contribution in [0, 0.1) is 5.92 Å². The maximum absolute atomic E-state index is 11.9. The molecule has 0 aliphatic rings. The van der Waals surface area contributed by atoms with Crippen LogP contribution in [0.15, 0.2) is 48.3 Å². The number of aromatic nitrogens is 2. The number of nitrogens with zero attached hydrogens (tertiary/aromatic N) is 2. The number of carbonyl (C=O) groups excluding carboxylic acids is 1. The molecule has 4 heteroatoms. The van der Waals surface area contributed by atoms with E-state index < -0.39 is 0 Å². The van der Waals surface area contributed by atoms with Crippen molar-refractivity contribution in [1.82, 2.24) is 15.1 Å². The van der Waals surface area contributed by atoms with E-state index in [1.54, 1.807) is 13.1 Å². The number of nitrogens with one attached hydrogen (secondary N) is 1. The monoisotopic (exact) mass is 297 g/mol. The molecule has 4 nitrogen and oxygen atoms in total. The number of benzene rings is 1. The van der Waals surface area contributed by atoms with Crippen molar-refractivity contribution in [1.29, 1.82) is 0 Å². The first kappa shape index (κ1) is 16.0. The highest BCUT2D eigenvalue weighted by Gasteiger charge is 2.17. The normalized spacial score (nSPS) is 12.2. The number of rotatable bonds is 6. The van der Waals surface area contributed by atoms with Gasteiger partial charge in [0.1, 0.15) is 0 Å². The molecule has 1 aromatic carbocycles. The molecule has 0 radical (unpaired) electrons. The molecule has 0 saturated carbocycles. The van der Waals surface area contributed by atoms with Crippen molar-refractivity contribution in [2.75, 3.05) is 7.05 Å². The summed E-state index contributed by atoms with van der Waals surface area (Å²) in [6.45, 7) is 6.39. The number of Topliss-reactive ketones (excluding diaryl/α,β-unsaturated/α-hetero) is 1. The maximum atomic E-state index is 11.9. The Labute approximate surface area is 131 Å². The lowest BCUT2D eigenvalue weighted by Gasteiger charge is -2.14. The van der Waals surface area contributed by atoms with Crippen LogP contribution in [0.1, 0.15) is 31.9 Å². The molecular formula is C18H23N3O. The van der Waals surface area contributed by atoms with Gasteiger partial charge in [-0.3, -0.25) is 9.48 Å². The van der Waals surface area contributed by atoms with Gasteiger partial charge in [-0.1, -0.05) is 44.2 Å². The van der Waals surface area contributed by atoms with Gasteiger partial charge in [-0.05, 0) is 18.4 Å². The highest BCUT2D eigenvalue weighted by molar-refractivity contribution is 6.01. The second-order valence-corrected chi connectivity index (χ2v) is 5.66. The van der Waals surface area contributed by atoms with Crippen molar-refractivity contribution < 1.29 is 4.79 Å². The van der Waals surface area contributed by atoms with Gasteiger partial charge in [-0.2, -0.15) is 5.10 Å². The quantitative estimate of drug-likeness (QED) is 0.833. The Hall–Kier alpha value is -2.36. The first-order chi connectivity index (χ1) is 10.5. The summed E-state index contributed by atoms with van der Waals surface area (Å²) < 4.78 is 1.89. The van der Waals surface area contributed by atoms with E-state index in [1.165, 1.54) is 5.56 Å². The highest BCUT2D eigenvalue weighted by Crippen LogP contribution is 2.22. The molecular weight excluding hydrogens is 274 g/mol. The molecule has 1 aromatic heterocycles. The topological polar surface area (TPSA) is 46.9 Å². The van der Waals surface area contributed by atoms with Gasteiger partial charge in [0, 0.05) is 24.4 Å². The van der Waals surface area contributed by atoms with Crippen LogP contribution in [0.25, 0.3) is 5.70 Å². The van der Waals surface area contributed by atoms with Crippen LogP contribution in [0.5, 0.6) is 0 Å². The Morgan fingerprint density at radius 1 is 1.27 bits per heavy atom. The van der Waals surface area contributed by atoms with Crippen LogP contribution in [0.3, 0.4) is 0 Å². The fourth-order valence-corrected chi connectivity index (χ4v) is 2.66. The summed E-state index contributed by atoms with van der Waals surface area (Å²) in [7, 11) is 1.84. The Balaban J connectivity index is 2.32. The summed E-state index contributed by atoms with van der Waals surface area (Å²) >= 11 is 0. The van der Waals surface area contributed by atoms with Gasteiger partial charge in [0.2, 0.25) is 0 Å². The van der Waals surface area contributed by atoms with Gasteiger partial charge in [-0.25, -0.2) is 0 Å². The summed E-state index contributed by atoms with van der Waals surface area (Å²) in [6.07, 6.45) is 3.78. The number of hydrogen-bond acceptors (Lipinski definition) is 3. The summed E-state index contributed by atoms with van der Waals surface area (Å²) in [5.74, 6) is 0.257. The zero-order valence-electron chi connectivity index (χ0n) is 13.6. The van der Waals surface area contributed by atoms with Gasteiger partial charge in [0.15, 0.2) is 5.78 Å². The molecule has 0 spiro atoms. The third-order valence-electron chi connectivity index (χ3n) is 3.59. The lowest BCUT2D eigenvalue weighted by atomic mass is 9.95. The number of ketones is 1. The second kappa shape index (κ2) is 7.07. The van der Waals surface area contributed by atoms with Crippen LogP contribution < -0.4 is 5.32 Å². The number of carbonyl (C=O) groups is 1. The fourth-order valence-electron chi connectivity index (χ4n) is 2.66. The van der Waals surface area contributed by atoms with Gasteiger partial charge < -0.3 is 5.32 Å². The molecule has 1 N–H and O–H groups in total. The Bertz CT molecular complexity index is 669. The van der Waals surface area contributed by atoms with E-state index in [4.69, 9.17) is 0 Å². The molecule has 0 amide bonds. The minimum absolute atomic E-state index is 0.0927. The number of hydrogen-bond donors (Lipinski definition) is 1. The molecule has 0 aliphatic carbocycles. The van der Waals surface area contributed by atoms with Gasteiger partial charge in [0.25, 0.3) is 0 Å². The third-order valence-corrected chi connectivity index (χ3v) is 3.59. The van der Waals surface area contributed by atoms with Crippen molar-refractivity contribution in [3.05, 3.63) is 59.4 Å². The summed E-state index contributed by atoms with van der Waals surface area (Å²) in [5, 5.41) is 7.58. The predicted octanol–water partition coefficient (Wildman–Crippen LogP) is 3.11.